The van der Waals surface area contributed by atoms with Gasteiger partial charge in [-0.3, -0.25) is 4.98 Å². The summed E-state index contributed by atoms with van der Waals surface area (Å²) in [5.41, 5.74) is 7.67. The van der Waals surface area contributed by atoms with E-state index in [2.05, 4.69) is 4.98 Å². The van der Waals surface area contributed by atoms with Crippen LogP contribution in [0.25, 0.3) is 11.1 Å². The van der Waals surface area contributed by atoms with Gasteiger partial charge in [-0.15, -0.1) is 0 Å². The zero-order valence-corrected chi connectivity index (χ0v) is 9.93. The maximum absolute atomic E-state index is 11.1. The van der Waals surface area contributed by atoms with Gasteiger partial charge >= 0.3 is 5.76 Å². The zero-order valence-electron chi connectivity index (χ0n) is 9.93. The summed E-state index contributed by atoms with van der Waals surface area (Å²) in [6, 6.07) is 5.22. The third-order valence-corrected chi connectivity index (χ3v) is 3.09. The molecule has 1 aromatic carbocycles. The van der Waals surface area contributed by atoms with Crippen molar-refractivity contribution in [1.29, 1.82) is 0 Å². The smallest absolute Gasteiger partial charge is 0.408 e. The number of aromatic amines is 1. The van der Waals surface area contributed by atoms with Gasteiger partial charge < -0.3 is 19.6 Å². The average molecular weight is 250 g/mol. The molecule has 1 aromatic heterocycles. The summed E-state index contributed by atoms with van der Waals surface area (Å²) >= 11 is 0. The Morgan fingerprint density at radius 1 is 1.39 bits per heavy atom. The van der Waals surface area contributed by atoms with Gasteiger partial charge in [0.1, 0.15) is 0 Å². The molecule has 1 saturated heterocycles. The highest BCUT2D eigenvalue weighted by Gasteiger charge is 2.34. The standard InChI is InChI=1S/C12H14N2O4/c1-12(16-5-8(13)6-17-12)7-2-3-10-9(4-7)14-11(15)18-10/h2-4,8H,5-6,13H2,1H3,(H,14,15). The van der Waals surface area contributed by atoms with Gasteiger partial charge in [-0.1, -0.05) is 0 Å². The Hall–Kier alpha value is -1.63. The van der Waals surface area contributed by atoms with Crippen LogP contribution in [0.2, 0.25) is 0 Å². The van der Waals surface area contributed by atoms with E-state index in [0.717, 1.165) is 5.56 Å². The molecule has 0 aliphatic carbocycles. The topological polar surface area (TPSA) is 90.5 Å². The molecule has 6 nitrogen and oxygen atoms in total. The van der Waals surface area contributed by atoms with Crippen LogP contribution in [0.15, 0.2) is 27.4 Å². The van der Waals surface area contributed by atoms with E-state index in [-0.39, 0.29) is 6.04 Å². The molecule has 3 rings (SSSR count). The van der Waals surface area contributed by atoms with E-state index in [0.29, 0.717) is 24.3 Å². The summed E-state index contributed by atoms with van der Waals surface area (Å²) in [7, 11) is 0. The molecule has 0 radical (unpaired) electrons. The van der Waals surface area contributed by atoms with Crippen LogP contribution in [-0.4, -0.2) is 24.2 Å². The van der Waals surface area contributed by atoms with Crippen molar-refractivity contribution in [3.8, 4) is 0 Å². The lowest BCUT2D eigenvalue weighted by atomic mass is 10.1. The summed E-state index contributed by atoms with van der Waals surface area (Å²) in [5, 5.41) is 0. The fraction of sp³-hybridized carbons (Fsp3) is 0.417. The molecular formula is C12H14N2O4. The molecule has 96 valence electrons. The number of nitrogens with one attached hydrogen (secondary N) is 1. The Morgan fingerprint density at radius 2 is 2.11 bits per heavy atom. The lowest BCUT2D eigenvalue weighted by Gasteiger charge is -2.36. The molecule has 0 amide bonds. The number of rotatable bonds is 1. The molecule has 18 heavy (non-hydrogen) atoms. The number of oxazole rings is 1. The monoisotopic (exact) mass is 250 g/mol. The molecular weight excluding hydrogens is 236 g/mol. The third kappa shape index (κ3) is 1.84. The second kappa shape index (κ2) is 3.94. The summed E-state index contributed by atoms with van der Waals surface area (Å²) in [4.78, 5) is 13.7. The molecule has 3 N–H and O–H groups in total. The zero-order chi connectivity index (χ0) is 12.8. The van der Waals surface area contributed by atoms with Crippen LogP contribution in [0.3, 0.4) is 0 Å². The van der Waals surface area contributed by atoms with E-state index in [9.17, 15) is 4.79 Å². The number of nitrogens with two attached hydrogens (primary N) is 1. The van der Waals surface area contributed by atoms with Crippen molar-refractivity contribution in [2.24, 2.45) is 5.73 Å². The highest BCUT2D eigenvalue weighted by atomic mass is 16.7. The van der Waals surface area contributed by atoms with Crippen molar-refractivity contribution in [1.82, 2.24) is 4.98 Å². The first-order valence-corrected chi connectivity index (χ1v) is 5.74. The van der Waals surface area contributed by atoms with Crippen LogP contribution in [0.1, 0.15) is 12.5 Å². The second-order valence-corrected chi connectivity index (χ2v) is 4.55. The Bertz CT molecular complexity index is 622. The molecule has 0 bridgehead atoms. The first-order valence-electron chi connectivity index (χ1n) is 5.74. The summed E-state index contributed by atoms with van der Waals surface area (Å²) in [5.74, 6) is -1.31. The predicted molar refractivity (Wildman–Crippen MR) is 64.1 cm³/mol. The summed E-state index contributed by atoms with van der Waals surface area (Å²) in [6.07, 6.45) is 0. The molecule has 0 spiro atoms. The normalized spacial score (nSPS) is 28.7. The van der Waals surface area contributed by atoms with Gasteiger partial charge in [-0.05, 0) is 25.1 Å². The Kier molecular flexibility index (Phi) is 2.51. The highest BCUT2D eigenvalue weighted by molar-refractivity contribution is 5.73. The van der Waals surface area contributed by atoms with E-state index < -0.39 is 11.5 Å². The average Bonchev–Trinajstić information content (AvgIpc) is 2.72. The SMILES string of the molecule is CC1(c2ccc3oc(=O)[nH]c3c2)OCC(N)CO1. The van der Waals surface area contributed by atoms with E-state index in [4.69, 9.17) is 19.6 Å². The Morgan fingerprint density at radius 3 is 2.83 bits per heavy atom. The number of hydrogen-bond donors (Lipinski definition) is 2. The minimum Gasteiger partial charge on any atom is -0.408 e. The van der Waals surface area contributed by atoms with Gasteiger partial charge in [0.15, 0.2) is 11.4 Å². The molecule has 1 fully saturated rings. The molecule has 1 aliphatic heterocycles. The first kappa shape index (κ1) is 11.5. The molecule has 0 unspecified atom stereocenters. The Labute approximate surface area is 103 Å². The van der Waals surface area contributed by atoms with E-state index >= 15 is 0 Å². The largest absolute Gasteiger partial charge is 0.417 e. The summed E-state index contributed by atoms with van der Waals surface area (Å²) in [6.45, 7) is 2.71. The van der Waals surface area contributed by atoms with Crippen molar-refractivity contribution in [2.75, 3.05) is 13.2 Å². The van der Waals surface area contributed by atoms with Gasteiger partial charge in [0.05, 0.1) is 24.8 Å². The van der Waals surface area contributed by atoms with Crippen LogP contribution < -0.4 is 11.5 Å². The van der Waals surface area contributed by atoms with Crippen molar-refractivity contribution in [3.63, 3.8) is 0 Å². The first-order chi connectivity index (χ1) is 8.57. The minimum atomic E-state index is -0.835. The second-order valence-electron chi connectivity index (χ2n) is 4.55. The maximum Gasteiger partial charge on any atom is 0.417 e. The minimum absolute atomic E-state index is 0.101. The molecule has 6 heteroatoms. The van der Waals surface area contributed by atoms with Crippen molar-refractivity contribution in [2.45, 2.75) is 18.8 Å². The van der Waals surface area contributed by atoms with Crippen molar-refractivity contribution in [3.05, 3.63) is 34.3 Å². The fourth-order valence-corrected chi connectivity index (χ4v) is 2.02. The molecule has 2 aromatic rings. The molecule has 2 heterocycles. The molecule has 0 atom stereocenters. The number of hydrogen-bond acceptors (Lipinski definition) is 5. The van der Waals surface area contributed by atoms with E-state index in [1.807, 2.05) is 13.0 Å². The van der Waals surface area contributed by atoms with Crippen LogP contribution in [0.5, 0.6) is 0 Å². The van der Waals surface area contributed by atoms with Crippen LogP contribution in [-0.2, 0) is 15.3 Å². The number of H-pyrrole nitrogens is 1. The highest BCUT2D eigenvalue weighted by Crippen LogP contribution is 2.31. The van der Waals surface area contributed by atoms with Crippen LogP contribution in [0.4, 0.5) is 0 Å². The number of ether oxygens (including phenoxy) is 2. The van der Waals surface area contributed by atoms with Crippen LogP contribution >= 0.6 is 0 Å². The van der Waals surface area contributed by atoms with Crippen molar-refractivity contribution >= 4 is 11.1 Å². The predicted octanol–water partition coefficient (Wildman–Crippen LogP) is 0.668. The quantitative estimate of drug-likeness (QED) is 0.776. The molecule has 1 aliphatic rings. The number of aromatic nitrogens is 1. The Balaban J connectivity index is 2.00. The summed E-state index contributed by atoms with van der Waals surface area (Å²) < 4.78 is 16.2. The van der Waals surface area contributed by atoms with Gasteiger partial charge in [-0.25, -0.2) is 4.79 Å². The molecule has 0 saturated carbocycles. The number of fused-ring (bicyclic) bond motifs is 1. The van der Waals surface area contributed by atoms with Crippen LogP contribution in [0, 0.1) is 0 Å². The maximum atomic E-state index is 11.1. The van der Waals surface area contributed by atoms with Gasteiger partial charge in [0.2, 0.25) is 0 Å². The number of benzene rings is 1. The van der Waals surface area contributed by atoms with Gasteiger partial charge in [0, 0.05) is 5.56 Å². The van der Waals surface area contributed by atoms with E-state index in [1.165, 1.54) is 0 Å². The van der Waals surface area contributed by atoms with Gasteiger partial charge in [0.25, 0.3) is 0 Å². The van der Waals surface area contributed by atoms with E-state index in [1.54, 1.807) is 12.1 Å². The third-order valence-electron chi connectivity index (χ3n) is 3.09. The fourth-order valence-electron chi connectivity index (χ4n) is 2.02. The van der Waals surface area contributed by atoms with Gasteiger partial charge in [-0.2, -0.15) is 0 Å². The lowest BCUT2D eigenvalue weighted by molar-refractivity contribution is -0.270. The van der Waals surface area contributed by atoms with Crippen molar-refractivity contribution < 1.29 is 13.9 Å². The lowest BCUT2D eigenvalue weighted by Crippen LogP contribution is -2.46.